The van der Waals surface area contributed by atoms with Crippen LogP contribution in [0.4, 0.5) is 4.39 Å². The normalized spacial score (nSPS) is 16.1. The van der Waals surface area contributed by atoms with Crippen molar-refractivity contribution in [3.8, 4) is 11.5 Å². The van der Waals surface area contributed by atoms with E-state index in [1.54, 1.807) is 12.1 Å². The molecular weight excluding hydrogens is 325 g/mol. The molecule has 0 spiro atoms. The summed E-state index contributed by atoms with van der Waals surface area (Å²) >= 11 is 0. The number of hydrogen-bond donors (Lipinski definition) is 1. The lowest BCUT2D eigenvalue weighted by atomic mass is 9.87. The summed E-state index contributed by atoms with van der Waals surface area (Å²) in [5, 5.41) is 3.69. The van der Waals surface area contributed by atoms with Crippen molar-refractivity contribution in [2.45, 2.75) is 31.8 Å². The highest BCUT2D eigenvalue weighted by Crippen LogP contribution is 2.30. The molecule has 0 heterocycles. The van der Waals surface area contributed by atoms with Crippen molar-refractivity contribution in [2.75, 3.05) is 0 Å². The molecule has 0 aliphatic heterocycles. The molecule has 1 atom stereocenters. The molecule has 4 rings (SSSR count). The third-order valence-electron chi connectivity index (χ3n) is 4.87. The summed E-state index contributed by atoms with van der Waals surface area (Å²) in [6.07, 6.45) is 3.57. The molecule has 1 aliphatic carbocycles. The molecule has 0 fully saturated rings. The summed E-state index contributed by atoms with van der Waals surface area (Å²) in [7, 11) is 0. The van der Waals surface area contributed by atoms with E-state index in [4.69, 9.17) is 4.74 Å². The maximum absolute atomic E-state index is 13.0. The van der Waals surface area contributed by atoms with Crippen LogP contribution in [0.2, 0.25) is 0 Å². The van der Waals surface area contributed by atoms with E-state index in [9.17, 15) is 4.39 Å². The monoisotopic (exact) mass is 347 g/mol. The molecule has 0 amide bonds. The third-order valence-corrected chi connectivity index (χ3v) is 4.87. The molecule has 0 unspecified atom stereocenters. The molecule has 3 aromatic rings. The predicted octanol–water partition coefficient (Wildman–Crippen LogP) is 5.79. The molecule has 0 saturated heterocycles. The Kier molecular flexibility index (Phi) is 4.98. The summed E-state index contributed by atoms with van der Waals surface area (Å²) < 4.78 is 18.8. The van der Waals surface area contributed by atoms with Crippen LogP contribution < -0.4 is 10.1 Å². The molecule has 3 aromatic carbocycles. The van der Waals surface area contributed by atoms with E-state index in [0.29, 0.717) is 11.8 Å². The smallest absolute Gasteiger partial charge is 0.127 e. The van der Waals surface area contributed by atoms with Gasteiger partial charge in [-0.25, -0.2) is 4.39 Å². The van der Waals surface area contributed by atoms with Gasteiger partial charge in [-0.15, -0.1) is 0 Å². The molecule has 3 heteroatoms. The Labute approximate surface area is 153 Å². The van der Waals surface area contributed by atoms with Gasteiger partial charge in [0.15, 0.2) is 0 Å². The minimum absolute atomic E-state index is 0.261. The van der Waals surface area contributed by atoms with Crippen molar-refractivity contribution in [1.82, 2.24) is 5.32 Å². The fourth-order valence-corrected chi connectivity index (χ4v) is 3.56. The Morgan fingerprint density at radius 1 is 0.923 bits per heavy atom. The minimum atomic E-state index is -0.261. The molecule has 26 heavy (non-hydrogen) atoms. The van der Waals surface area contributed by atoms with E-state index in [-0.39, 0.29) is 5.82 Å². The van der Waals surface area contributed by atoms with Gasteiger partial charge in [0.2, 0.25) is 0 Å². The third kappa shape index (κ3) is 3.94. The summed E-state index contributed by atoms with van der Waals surface area (Å²) in [6, 6.07) is 23.2. The molecule has 0 bridgehead atoms. The van der Waals surface area contributed by atoms with Crippen LogP contribution in [0.25, 0.3) is 0 Å². The maximum Gasteiger partial charge on any atom is 0.127 e. The van der Waals surface area contributed by atoms with Gasteiger partial charge in [0.25, 0.3) is 0 Å². The number of halogens is 1. The Hall–Kier alpha value is -2.65. The van der Waals surface area contributed by atoms with Crippen molar-refractivity contribution in [1.29, 1.82) is 0 Å². The Morgan fingerprint density at radius 3 is 2.65 bits per heavy atom. The second-order valence-electron chi connectivity index (χ2n) is 6.73. The molecule has 1 N–H and O–H groups in total. The summed E-state index contributed by atoms with van der Waals surface area (Å²) in [5.74, 6) is 1.14. The standard InChI is InChI=1S/C23H22FNO/c24-19-11-13-20(14-12-19)26-21-8-3-5-17(15-21)16-25-23-10-4-7-18-6-1-2-9-22(18)23/h1-3,5-6,8-9,11-15,23,25H,4,7,10,16H2/t23-/m0/s1. The number of benzene rings is 3. The van der Waals surface area contributed by atoms with E-state index in [2.05, 4.69) is 35.6 Å². The first-order valence-corrected chi connectivity index (χ1v) is 9.11. The zero-order chi connectivity index (χ0) is 17.8. The number of fused-ring (bicyclic) bond motifs is 1. The van der Waals surface area contributed by atoms with Gasteiger partial charge in [-0.1, -0.05) is 36.4 Å². The molecule has 0 aromatic heterocycles. The van der Waals surface area contributed by atoms with Crippen LogP contribution in [-0.4, -0.2) is 0 Å². The van der Waals surface area contributed by atoms with Gasteiger partial charge in [-0.3, -0.25) is 0 Å². The summed E-state index contributed by atoms with van der Waals surface area (Å²) in [4.78, 5) is 0. The average Bonchev–Trinajstić information content (AvgIpc) is 2.68. The van der Waals surface area contributed by atoms with Gasteiger partial charge >= 0.3 is 0 Å². The van der Waals surface area contributed by atoms with Crippen LogP contribution in [0.5, 0.6) is 11.5 Å². The van der Waals surface area contributed by atoms with Crippen LogP contribution >= 0.6 is 0 Å². The van der Waals surface area contributed by atoms with Gasteiger partial charge in [-0.2, -0.15) is 0 Å². The first-order chi connectivity index (χ1) is 12.8. The molecule has 2 nitrogen and oxygen atoms in total. The van der Waals surface area contributed by atoms with Gasteiger partial charge < -0.3 is 10.1 Å². The molecule has 132 valence electrons. The van der Waals surface area contributed by atoms with E-state index >= 15 is 0 Å². The van der Waals surface area contributed by atoms with Crippen molar-refractivity contribution in [3.63, 3.8) is 0 Å². The Morgan fingerprint density at radius 2 is 1.77 bits per heavy atom. The lowest BCUT2D eigenvalue weighted by molar-refractivity contribution is 0.456. The maximum atomic E-state index is 13.0. The Bertz CT molecular complexity index is 875. The highest BCUT2D eigenvalue weighted by molar-refractivity contribution is 5.35. The summed E-state index contributed by atoms with van der Waals surface area (Å²) in [6.45, 7) is 0.791. The highest BCUT2D eigenvalue weighted by Gasteiger charge is 2.18. The second kappa shape index (κ2) is 7.71. The number of hydrogen-bond acceptors (Lipinski definition) is 2. The largest absolute Gasteiger partial charge is 0.457 e. The fourth-order valence-electron chi connectivity index (χ4n) is 3.56. The first-order valence-electron chi connectivity index (χ1n) is 9.11. The number of nitrogens with one attached hydrogen (secondary N) is 1. The zero-order valence-electron chi connectivity index (χ0n) is 14.6. The van der Waals surface area contributed by atoms with E-state index in [1.807, 2.05) is 18.2 Å². The predicted molar refractivity (Wildman–Crippen MR) is 102 cm³/mol. The van der Waals surface area contributed by atoms with Crippen LogP contribution in [0, 0.1) is 5.82 Å². The molecular formula is C23H22FNO. The number of ether oxygens (including phenoxy) is 1. The first kappa shape index (κ1) is 16.8. The van der Waals surface area contributed by atoms with E-state index in [0.717, 1.165) is 12.3 Å². The van der Waals surface area contributed by atoms with Crippen LogP contribution in [0.3, 0.4) is 0 Å². The quantitative estimate of drug-likeness (QED) is 0.631. The molecule has 0 saturated carbocycles. The zero-order valence-corrected chi connectivity index (χ0v) is 14.6. The number of aryl methyl sites for hydroxylation is 1. The van der Waals surface area contributed by atoms with Crippen LogP contribution in [0.1, 0.15) is 35.6 Å². The van der Waals surface area contributed by atoms with Crippen molar-refractivity contribution in [3.05, 3.63) is 95.3 Å². The fraction of sp³-hybridized carbons (Fsp3) is 0.217. The van der Waals surface area contributed by atoms with Gasteiger partial charge in [0.05, 0.1) is 0 Å². The average molecular weight is 347 g/mol. The van der Waals surface area contributed by atoms with Gasteiger partial charge in [-0.05, 0) is 72.4 Å². The van der Waals surface area contributed by atoms with Crippen molar-refractivity contribution in [2.24, 2.45) is 0 Å². The van der Waals surface area contributed by atoms with E-state index < -0.39 is 0 Å². The number of rotatable bonds is 5. The second-order valence-corrected chi connectivity index (χ2v) is 6.73. The molecule has 1 aliphatic rings. The molecule has 0 radical (unpaired) electrons. The highest BCUT2D eigenvalue weighted by atomic mass is 19.1. The minimum Gasteiger partial charge on any atom is -0.457 e. The lowest BCUT2D eigenvalue weighted by Crippen LogP contribution is -2.24. The topological polar surface area (TPSA) is 21.3 Å². The van der Waals surface area contributed by atoms with Crippen molar-refractivity contribution >= 4 is 0 Å². The van der Waals surface area contributed by atoms with Crippen LogP contribution in [0.15, 0.2) is 72.8 Å². The van der Waals surface area contributed by atoms with E-state index in [1.165, 1.54) is 48.1 Å². The summed E-state index contributed by atoms with van der Waals surface area (Å²) in [5.41, 5.74) is 4.06. The Balaban J connectivity index is 1.42. The lowest BCUT2D eigenvalue weighted by Gasteiger charge is -2.26. The van der Waals surface area contributed by atoms with Gasteiger partial charge in [0, 0.05) is 12.6 Å². The van der Waals surface area contributed by atoms with Crippen LogP contribution in [-0.2, 0) is 13.0 Å². The van der Waals surface area contributed by atoms with Crippen molar-refractivity contribution < 1.29 is 9.13 Å². The SMILES string of the molecule is Fc1ccc(Oc2cccc(CN[C@H]3CCCc4ccccc43)c2)cc1. The van der Waals surface area contributed by atoms with Gasteiger partial charge in [0.1, 0.15) is 17.3 Å².